The molecular formula is C70H82I2NPdS4-. The Morgan fingerprint density at radius 1 is 0.321 bits per heavy atom. The van der Waals surface area contributed by atoms with E-state index >= 15 is 0 Å². The number of halogens is 2. The van der Waals surface area contributed by atoms with Crippen molar-refractivity contribution in [3.8, 4) is 0 Å². The Hall–Kier alpha value is -2.76. The number of hydrogen-bond donors (Lipinski definition) is 1. The maximum Gasteiger partial charge on any atom is 0.0363 e. The predicted molar refractivity (Wildman–Crippen MR) is 377 cm³/mol. The average Bonchev–Trinajstić information content (AvgIpc) is 4.19. The summed E-state index contributed by atoms with van der Waals surface area (Å²) < 4.78 is 8.69. The van der Waals surface area contributed by atoms with Crippen molar-refractivity contribution < 1.29 is 21.8 Å². The molecule has 0 unspecified atom stereocenters. The van der Waals surface area contributed by atoms with Gasteiger partial charge in [-0.15, -0.1) is 45.3 Å². The Kier molecular flexibility index (Phi) is 23.3. The van der Waals surface area contributed by atoms with Gasteiger partial charge >= 0.3 is 0 Å². The van der Waals surface area contributed by atoms with Crippen molar-refractivity contribution in [2.24, 2.45) is 0 Å². The number of rotatable bonds is 20. The molecule has 8 aromatic carbocycles. The first-order valence-electron chi connectivity index (χ1n) is 28.2. The Bertz CT molecular complexity index is 3720. The molecule has 12 rings (SSSR count). The van der Waals surface area contributed by atoms with Crippen LogP contribution >= 0.6 is 90.5 Å². The molecule has 8 heteroatoms. The maximum atomic E-state index is 2.59. The predicted octanol–water partition coefficient (Wildman–Crippen LogP) is 26.3. The fraction of sp³-hybridized carbons (Fsp3) is 0.357. The van der Waals surface area contributed by atoms with E-state index in [0.29, 0.717) is 0 Å². The molecule has 1 nitrogen and oxygen atoms in total. The van der Waals surface area contributed by atoms with Crippen LogP contribution in [0.25, 0.3) is 105 Å². The number of fused-ring (bicyclic) bond motifs is 14. The fourth-order valence-corrected chi connectivity index (χ4v) is 18.6. The molecule has 0 saturated carbocycles. The van der Waals surface area contributed by atoms with Gasteiger partial charge in [-0.1, -0.05) is 161 Å². The quantitative estimate of drug-likeness (QED) is 0.0267. The van der Waals surface area contributed by atoms with Gasteiger partial charge in [0, 0.05) is 78.1 Å². The number of thiophene rings is 4. The van der Waals surface area contributed by atoms with E-state index in [2.05, 4.69) is 182 Å². The third kappa shape index (κ3) is 13.3. The molecule has 0 spiro atoms. The van der Waals surface area contributed by atoms with Gasteiger partial charge in [0.1, 0.15) is 0 Å². The Labute approximate surface area is 524 Å². The third-order valence-electron chi connectivity index (χ3n) is 15.7. The van der Waals surface area contributed by atoms with Crippen molar-refractivity contribution in [1.82, 2.24) is 6.15 Å². The first kappa shape index (κ1) is 62.8. The van der Waals surface area contributed by atoms with Crippen LogP contribution in [0.3, 0.4) is 0 Å². The van der Waals surface area contributed by atoms with E-state index in [1.807, 2.05) is 45.3 Å². The Balaban J connectivity index is 0.000000240. The summed E-state index contributed by atoms with van der Waals surface area (Å²) in [5, 5.41) is 22.2. The zero-order valence-electron chi connectivity index (χ0n) is 45.9. The van der Waals surface area contributed by atoms with E-state index < -0.39 is 0 Å². The second kappa shape index (κ2) is 29.0. The molecule has 3 N–H and O–H groups in total. The van der Waals surface area contributed by atoms with Gasteiger partial charge < -0.3 is 13.6 Å². The molecule has 416 valence electrons. The minimum atomic E-state index is 0. The smallest absolute Gasteiger partial charge is 0.0363 e. The molecule has 4 aromatic heterocycles. The molecular weight excluding hydrogens is 1340 g/mol. The van der Waals surface area contributed by atoms with E-state index in [1.165, 1.54) is 250 Å². The monoisotopic (exact) mass is 1420 g/mol. The topological polar surface area (TPSA) is 35.0 Å². The second-order valence-corrected chi connectivity index (χ2v) is 27.9. The van der Waals surface area contributed by atoms with Crippen LogP contribution in [-0.4, -0.2) is 0 Å². The van der Waals surface area contributed by atoms with E-state index in [9.17, 15) is 0 Å². The maximum absolute atomic E-state index is 2.59. The molecule has 4 heterocycles. The van der Waals surface area contributed by atoms with Gasteiger partial charge in [0.05, 0.1) is 0 Å². The van der Waals surface area contributed by atoms with Gasteiger partial charge in [-0.25, -0.2) is 0 Å². The van der Waals surface area contributed by atoms with Crippen LogP contribution in [0.15, 0.2) is 109 Å². The molecule has 0 radical (unpaired) electrons. The number of aryl methyl sites for hydroxylation is 4. The van der Waals surface area contributed by atoms with Crippen molar-refractivity contribution in [3.63, 3.8) is 0 Å². The number of benzene rings is 8. The summed E-state index contributed by atoms with van der Waals surface area (Å²) in [6, 6.07) is 43.3. The molecule has 0 aliphatic rings. The third-order valence-corrected chi connectivity index (χ3v) is 23.7. The molecule has 0 aliphatic carbocycles. The Morgan fingerprint density at radius 2 is 0.628 bits per heavy atom. The van der Waals surface area contributed by atoms with Gasteiger partial charge in [-0.05, 0) is 233 Å². The number of unbranched alkanes of at least 4 members (excludes halogenated alkanes) is 12. The molecule has 78 heavy (non-hydrogen) atoms. The van der Waals surface area contributed by atoms with E-state index in [-0.39, 0.29) is 42.9 Å². The van der Waals surface area contributed by atoms with Crippen LogP contribution in [0.2, 0.25) is 0 Å². The molecule has 0 fully saturated rings. The van der Waals surface area contributed by atoms with E-state index in [1.54, 1.807) is 9.75 Å². The van der Waals surface area contributed by atoms with Crippen molar-refractivity contribution in [1.29, 1.82) is 0 Å². The van der Waals surface area contributed by atoms with Crippen molar-refractivity contribution in [2.75, 3.05) is 0 Å². The molecule has 0 aliphatic heterocycles. The summed E-state index contributed by atoms with van der Waals surface area (Å²) in [5.74, 6) is 0. The van der Waals surface area contributed by atoms with Crippen LogP contribution in [0.4, 0.5) is 0 Å². The molecule has 0 saturated heterocycles. The molecule has 0 amide bonds. The zero-order valence-corrected chi connectivity index (χ0v) is 55.1. The summed E-state index contributed by atoms with van der Waals surface area (Å²) in [7, 11) is 0. The standard InChI is InChI=1S/C34H34I2S2.C34H36S2.CH4.CH3.H3N.Pd.H2/c1-3-5-7-9-11-29-33(35)27-17-21-13-15-24-23(25(21)19-31(27)37-29)16-14-22-18-28-32(20-26(22)24)38-30(34(28)36)12-10-8-6-4-2;1-3-5-7-9-11-27-19-25-17-23-13-15-30-29(31(23)21-33(25)35-27)16-14-24-18-26-20-28(12-10-8-6-4-2)36-34(26)22-32(24)30;;;;;/h13-20H,3-12H2,1-2H3;13-22H,3-12H2,1-2H3;1H4;2*1H3;;1H/q;;;-1;;;. The first-order chi connectivity index (χ1) is 36.3. The first-order valence-corrected chi connectivity index (χ1v) is 33.6. The van der Waals surface area contributed by atoms with Crippen molar-refractivity contribution in [2.45, 2.75) is 164 Å². The summed E-state index contributed by atoms with van der Waals surface area (Å²) in [5.41, 5.74) is 0. The number of hydrogen-bond acceptors (Lipinski definition) is 5. The summed E-state index contributed by atoms with van der Waals surface area (Å²) in [6.07, 6.45) is 26.1. The van der Waals surface area contributed by atoms with Crippen LogP contribution < -0.4 is 6.15 Å². The van der Waals surface area contributed by atoms with Crippen LogP contribution in [0.1, 0.15) is 159 Å². The minimum Gasteiger partial charge on any atom is -0.358 e. The van der Waals surface area contributed by atoms with Crippen LogP contribution in [0, 0.1) is 14.6 Å². The summed E-state index contributed by atoms with van der Waals surface area (Å²) in [4.78, 5) is 6.22. The van der Waals surface area contributed by atoms with E-state index in [0.717, 1.165) is 0 Å². The summed E-state index contributed by atoms with van der Waals surface area (Å²) in [6.45, 7) is 9.15. The zero-order chi connectivity index (χ0) is 50.7. The van der Waals surface area contributed by atoms with Gasteiger partial charge in [-0.2, -0.15) is 0 Å². The van der Waals surface area contributed by atoms with Crippen LogP contribution in [0.5, 0.6) is 0 Å². The average molecular weight is 1430 g/mol. The molecule has 12 aromatic rings. The normalized spacial score (nSPS) is 11.6. The largest absolute Gasteiger partial charge is 0.358 e. The minimum absolute atomic E-state index is 0. The summed E-state index contributed by atoms with van der Waals surface area (Å²) >= 11 is 13.2. The van der Waals surface area contributed by atoms with Crippen molar-refractivity contribution >= 4 is 196 Å². The molecule has 0 atom stereocenters. The molecule has 0 bridgehead atoms. The van der Waals surface area contributed by atoms with Crippen LogP contribution in [-0.2, 0) is 46.1 Å². The van der Waals surface area contributed by atoms with Gasteiger partial charge in [-0.3, -0.25) is 0 Å². The van der Waals surface area contributed by atoms with E-state index in [4.69, 9.17) is 0 Å². The van der Waals surface area contributed by atoms with Crippen molar-refractivity contribution in [3.05, 3.63) is 143 Å². The fourth-order valence-electron chi connectivity index (χ4n) is 11.6. The SMILES string of the molecule is C.CCCCCCc1cc2cc3ccc4c5cc6sc(CCCCCC)cc6cc5ccc4c3cc2s1.CCCCCCc1sc2cc3c(ccc4c5cc6sc(CCCCCC)c(I)c6cc5ccc34)cc2c1I.N.[CH3-].[HH].[Pd]. The van der Waals surface area contributed by atoms with Gasteiger partial charge in [0.15, 0.2) is 0 Å². The second-order valence-electron chi connectivity index (χ2n) is 21.2. The van der Waals surface area contributed by atoms with Gasteiger partial charge in [0.25, 0.3) is 0 Å². The van der Waals surface area contributed by atoms with Gasteiger partial charge in [0.2, 0.25) is 0 Å². The Morgan fingerprint density at radius 3 is 0.962 bits per heavy atom.